The Bertz CT molecular complexity index is 874. The summed E-state index contributed by atoms with van der Waals surface area (Å²) in [4.78, 5) is 0. The molecule has 0 radical (unpaired) electrons. The van der Waals surface area contributed by atoms with Crippen LogP contribution < -0.4 is 4.72 Å². The van der Waals surface area contributed by atoms with Crippen LogP contribution in [0.4, 0.5) is 0 Å². The molecule has 0 saturated carbocycles. The second-order valence-corrected chi connectivity index (χ2v) is 8.75. The van der Waals surface area contributed by atoms with Crippen molar-refractivity contribution in [1.29, 1.82) is 0 Å². The van der Waals surface area contributed by atoms with Gasteiger partial charge in [-0.05, 0) is 42.0 Å². The number of aromatic nitrogens is 3. The number of thioether (sulfide) groups is 1. The Hall–Kier alpha value is -1.42. The molecule has 0 bridgehead atoms. The lowest BCUT2D eigenvalue weighted by Gasteiger charge is -2.16. The molecule has 0 aromatic carbocycles. The Morgan fingerprint density at radius 2 is 2.17 bits per heavy atom. The molecule has 3 aromatic rings. The Morgan fingerprint density at radius 3 is 2.91 bits per heavy atom. The zero-order chi connectivity index (χ0) is 16.3. The number of fused-ring (bicyclic) bond motifs is 1. The van der Waals surface area contributed by atoms with Gasteiger partial charge in [-0.3, -0.25) is 4.40 Å². The first kappa shape index (κ1) is 16.4. The van der Waals surface area contributed by atoms with Gasteiger partial charge in [0.15, 0.2) is 11.5 Å². The van der Waals surface area contributed by atoms with Gasteiger partial charge in [-0.1, -0.05) is 12.1 Å². The van der Waals surface area contributed by atoms with Crippen molar-refractivity contribution in [2.75, 3.05) is 12.0 Å². The molecule has 6 nitrogen and oxygen atoms in total. The van der Waals surface area contributed by atoms with E-state index in [4.69, 9.17) is 0 Å². The molecule has 1 atom stereocenters. The van der Waals surface area contributed by atoms with Gasteiger partial charge in [-0.25, -0.2) is 8.42 Å². The zero-order valence-electron chi connectivity index (χ0n) is 12.4. The normalized spacial score (nSPS) is 13.4. The van der Waals surface area contributed by atoms with Crippen LogP contribution in [-0.2, 0) is 10.0 Å². The average molecular weight is 369 g/mol. The number of sulfonamides is 1. The molecule has 0 fully saturated rings. The van der Waals surface area contributed by atoms with Crippen LogP contribution >= 0.6 is 23.1 Å². The summed E-state index contributed by atoms with van der Waals surface area (Å²) in [6.07, 6.45) is 4.48. The Kier molecular flexibility index (Phi) is 5.00. The van der Waals surface area contributed by atoms with E-state index in [1.54, 1.807) is 29.3 Å². The Labute approximate surface area is 143 Å². The van der Waals surface area contributed by atoms with Gasteiger partial charge >= 0.3 is 0 Å². The van der Waals surface area contributed by atoms with E-state index < -0.39 is 16.1 Å². The highest BCUT2D eigenvalue weighted by Gasteiger charge is 2.25. The first-order valence-electron chi connectivity index (χ1n) is 6.96. The van der Waals surface area contributed by atoms with Crippen molar-refractivity contribution in [2.45, 2.75) is 16.7 Å². The van der Waals surface area contributed by atoms with E-state index in [-0.39, 0.29) is 0 Å². The van der Waals surface area contributed by atoms with Gasteiger partial charge in [0.1, 0.15) is 4.21 Å². The van der Waals surface area contributed by atoms with E-state index >= 15 is 0 Å². The Morgan fingerprint density at radius 1 is 1.30 bits per heavy atom. The van der Waals surface area contributed by atoms with Gasteiger partial charge in [0.2, 0.25) is 0 Å². The van der Waals surface area contributed by atoms with Crippen LogP contribution in [0.5, 0.6) is 0 Å². The van der Waals surface area contributed by atoms with E-state index in [9.17, 15) is 8.42 Å². The second-order valence-electron chi connectivity index (χ2n) is 4.87. The largest absolute Gasteiger partial charge is 0.285 e. The summed E-state index contributed by atoms with van der Waals surface area (Å²) in [7, 11) is -3.56. The zero-order valence-corrected chi connectivity index (χ0v) is 14.9. The van der Waals surface area contributed by atoms with Crippen molar-refractivity contribution in [2.24, 2.45) is 0 Å². The van der Waals surface area contributed by atoms with Crippen molar-refractivity contribution in [1.82, 2.24) is 19.3 Å². The van der Waals surface area contributed by atoms with Crippen LogP contribution in [0, 0.1) is 0 Å². The van der Waals surface area contributed by atoms with Crippen molar-refractivity contribution < 1.29 is 8.42 Å². The van der Waals surface area contributed by atoms with E-state index in [1.807, 2.05) is 35.1 Å². The molecule has 3 rings (SSSR count). The summed E-state index contributed by atoms with van der Waals surface area (Å²) < 4.78 is 30.0. The first-order valence-corrected chi connectivity index (χ1v) is 10.7. The van der Waals surface area contributed by atoms with E-state index in [0.29, 0.717) is 22.1 Å². The van der Waals surface area contributed by atoms with Gasteiger partial charge in [-0.15, -0.1) is 21.5 Å². The van der Waals surface area contributed by atoms with Crippen molar-refractivity contribution in [3.05, 3.63) is 47.7 Å². The van der Waals surface area contributed by atoms with E-state index in [0.717, 1.165) is 5.75 Å². The van der Waals surface area contributed by atoms with Gasteiger partial charge in [-0.2, -0.15) is 16.5 Å². The van der Waals surface area contributed by atoms with Gasteiger partial charge < -0.3 is 0 Å². The summed E-state index contributed by atoms with van der Waals surface area (Å²) in [5, 5.41) is 10.1. The molecule has 0 unspecified atom stereocenters. The van der Waals surface area contributed by atoms with Crippen LogP contribution in [-0.4, -0.2) is 35.0 Å². The van der Waals surface area contributed by atoms with Gasteiger partial charge in [0.25, 0.3) is 10.0 Å². The summed E-state index contributed by atoms with van der Waals surface area (Å²) in [6.45, 7) is 0. The SMILES string of the molecule is CSCC[C@@H](NS(=O)(=O)c1cccs1)c1nnc2ccccn12. The number of nitrogens with one attached hydrogen (secondary N) is 1. The lowest BCUT2D eigenvalue weighted by Crippen LogP contribution is -2.30. The fraction of sp³-hybridized carbons (Fsp3) is 0.286. The predicted molar refractivity (Wildman–Crippen MR) is 93.4 cm³/mol. The second kappa shape index (κ2) is 7.00. The number of thiophene rings is 1. The number of hydrogen-bond donors (Lipinski definition) is 1. The van der Waals surface area contributed by atoms with Crippen molar-refractivity contribution >= 4 is 38.8 Å². The average Bonchev–Trinajstić information content (AvgIpc) is 3.21. The molecule has 0 aliphatic carbocycles. The summed E-state index contributed by atoms with van der Waals surface area (Å²) >= 11 is 2.86. The Balaban J connectivity index is 1.95. The summed E-state index contributed by atoms with van der Waals surface area (Å²) in [5.74, 6) is 1.43. The molecule has 9 heteroatoms. The molecular formula is C14H16N4O2S3. The highest BCUT2D eigenvalue weighted by molar-refractivity contribution is 7.98. The molecule has 1 N–H and O–H groups in total. The van der Waals surface area contributed by atoms with Crippen LogP contribution in [0.1, 0.15) is 18.3 Å². The summed E-state index contributed by atoms with van der Waals surface area (Å²) in [6, 6.07) is 8.49. The molecule has 0 saturated heterocycles. The van der Waals surface area contributed by atoms with Crippen LogP contribution in [0.15, 0.2) is 46.1 Å². The maximum atomic E-state index is 12.5. The molecule has 3 aromatic heterocycles. The van der Waals surface area contributed by atoms with E-state index in [2.05, 4.69) is 14.9 Å². The monoisotopic (exact) mass is 368 g/mol. The fourth-order valence-corrected chi connectivity index (χ4v) is 4.94. The van der Waals surface area contributed by atoms with Gasteiger partial charge in [0, 0.05) is 6.20 Å². The van der Waals surface area contributed by atoms with E-state index in [1.165, 1.54) is 11.3 Å². The number of nitrogens with zero attached hydrogens (tertiary/aromatic N) is 3. The molecule has 0 aliphatic rings. The molecule has 3 heterocycles. The number of pyridine rings is 1. The third-order valence-corrected chi connectivity index (χ3v) is 6.83. The highest BCUT2D eigenvalue weighted by Crippen LogP contribution is 2.23. The van der Waals surface area contributed by atoms with Crippen molar-refractivity contribution in [3.63, 3.8) is 0 Å². The maximum absolute atomic E-state index is 12.5. The molecular weight excluding hydrogens is 352 g/mol. The minimum absolute atomic E-state index is 0.306. The van der Waals surface area contributed by atoms with Crippen molar-refractivity contribution in [3.8, 4) is 0 Å². The number of rotatable bonds is 7. The first-order chi connectivity index (χ1) is 11.1. The topological polar surface area (TPSA) is 76.4 Å². The minimum Gasteiger partial charge on any atom is -0.285 e. The lowest BCUT2D eigenvalue weighted by molar-refractivity contribution is 0.538. The lowest BCUT2D eigenvalue weighted by atomic mass is 10.2. The quantitative estimate of drug-likeness (QED) is 0.694. The standard InChI is InChI=1S/C14H16N4O2S3/c1-21-10-7-11(17-23(19,20)13-6-4-9-22-13)14-16-15-12-5-2-3-8-18(12)14/h2-6,8-9,11,17H,7,10H2,1H3/t11-/m1/s1. The predicted octanol–water partition coefficient (Wildman–Crippen LogP) is 2.56. The third-order valence-electron chi connectivity index (χ3n) is 3.32. The van der Waals surface area contributed by atoms with Gasteiger partial charge in [0.05, 0.1) is 6.04 Å². The molecule has 0 aliphatic heterocycles. The molecule has 0 spiro atoms. The van der Waals surface area contributed by atoms with Crippen LogP contribution in [0.3, 0.4) is 0 Å². The minimum atomic E-state index is -3.56. The molecule has 0 amide bonds. The van der Waals surface area contributed by atoms with Crippen LogP contribution in [0.25, 0.3) is 5.65 Å². The summed E-state index contributed by atoms with van der Waals surface area (Å²) in [5.41, 5.74) is 0.701. The number of hydrogen-bond acceptors (Lipinski definition) is 6. The van der Waals surface area contributed by atoms with Crippen LogP contribution in [0.2, 0.25) is 0 Å². The molecule has 122 valence electrons. The fourth-order valence-electron chi connectivity index (χ4n) is 2.24. The maximum Gasteiger partial charge on any atom is 0.250 e. The molecule has 23 heavy (non-hydrogen) atoms. The highest BCUT2D eigenvalue weighted by atomic mass is 32.2. The third kappa shape index (κ3) is 3.57. The smallest absolute Gasteiger partial charge is 0.250 e.